The van der Waals surface area contributed by atoms with Gasteiger partial charge in [0, 0.05) is 5.56 Å². The van der Waals surface area contributed by atoms with Crippen LogP contribution in [0.15, 0.2) is 40.8 Å². The number of hydrogen-bond donors (Lipinski definition) is 1. The third-order valence-electron chi connectivity index (χ3n) is 3.50. The summed E-state index contributed by atoms with van der Waals surface area (Å²) < 4.78 is 11.5. The van der Waals surface area contributed by atoms with E-state index in [9.17, 15) is 0 Å². The van der Waals surface area contributed by atoms with Crippen molar-refractivity contribution in [2.24, 2.45) is 0 Å². The largest absolute Gasteiger partial charge is 0.484 e. The van der Waals surface area contributed by atoms with Crippen LogP contribution < -0.4 is 10.5 Å². The zero-order chi connectivity index (χ0) is 14.4. The Morgan fingerprint density at radius 2 is 1.86 bits per heavy atom. The maximum Gasteiger partial charge on any atom is 0.221 e. The van der Waals surface area contributed by atoms with Crippen molar-refractivity contribution in [3.05, 3.63) is 47.7 Å². The molecule has 3 aromatic rings. The highest BCUT2D eigenvalue weighted by Gasteiger charge is 2.25. The second-order valence-corrected chi connectivity index (χ2v) is 4.96. The van der Waals surface area contributed by atoms with Crippen LogP contribution in [0.5, 0.6) is 5.75 Å². The Kier molecular flexibility index (Phi) is 2.47. The van der Waals surface area contributed by atoms with E-state index in [1.807, 2.05) is 43.3 Å². The van der Waals surface area contributed by atoms with Crippen molar-refractivity contribution in [3.8, 4) is 28.5 Å². The van der Waals surface area contributed by atoms with Gasteiger partial charge in [0.25, 0.3) is 0 Å². The first-order valence-electron chi connectivity index (χ1n) is 6.68. The molecule has 1 aliphatic rings. The molecule has 0 atom stereocenters. The zero-order valence-corrected chi connectivity index (χ0v) is 11.5. The molecule has 1 aromatic carbocycles. The van der Waals surface area contributed by atoms with Crippen LogP contribution in [0.1, 0.15) is 11.3 Å². The Morgan fingerprint density at radius 3 is 2.67 bits per heavy atom. The van der Waals surface area contributed by atoms with E-state index < -0.39 is 0 Å². The Bertz CT molecular complexity index is 839. The average molecular weight is 279 g/mol. The van der Waals surface area contributed by atoms with E-state index >= 15 is 0 Å². The fourth-order valence-corrected chi connectivity index (χ4v) is 2.54. The summed E-state index contributed by atoms with van der Waals surface area (Å²) in [6.45, 7) is 2.37. The van der Waals surface area contributed by atoms with Crippen LogP contribution in [0, 0.1) is 6.92 Å². The Balaban J connectivity index is 1.99. The Hall–Kier alpha value is -2.82. The van der Waals surface area contributed by atoms with Gasteiger partial charge in [0.15, 0.2) is 17.2 Å². The summed E-state index contributed by atoms with van der Waals surface area (Å²) in [7, 11) is 0. The first-order chi connectivity index (χ1) is 10.2. The van der Waals surface area contributed by atoms with Gasteiger partial charge in [-0.1, -0.05) is 24.3 Å². The molecule has 0 aliphatic carbocycles. The minimum atomic E-state index is 0.207. The summed E-state index contributed by atoms with van der Waals surface area (Å²) in [4.78, 5) is 8.64. The van der Waals surface area contributed by atoms with E-state index in [-0.39, 0.29) is 5.95 Å². The van der Waals surface area contributed by atoms with Crippen molar-refractivity contribution >= 4 is 5.95 Å². The number of aromatic nitrogens is 2. The summed E-state index contributed by atoms with van der Waals surface area (Å²) >= 11 is 0. The third-order valence-corrected chi connectivity index (χ3v) is 3.50. The van der Waals surface area contributed by atoms with Crippen LogP contribution in [-0.4, -0.2) is 9.97 Å². The molecule has 21 heavy (non-hydrogen) atoms. The maximum atomic E-state index is 5.86. The van der Waals surface area contributed by atoms with E-state index in [0.717, 1.165) is 16.9 Å². The van der Waals surface area contributed by atoms with Gasteiger partial charge in [-0.2, -0.15) is 0 Å². The lowest BCUT2D eigenvalue weighted by Gasteiger charge is -2.21. The van der Waals surface area contributed by atoms with Gasteiger partial charge in [0.1, 0.15) is 18.1 Å². The molecule has 1 aliphatic heterocycles. The highest BCUT2D eigenvalue weighted by atomic mass is 16.5. The standard InChI is InChI=1S/C16H13N3O2/c1-9-6-7-12(21-9)14-15-13(18-16(17)19-14)11-5-3-2-4-10(11)8-20-15/h2-7H,8H2,1H3,(H2,17,18,19). The van der Waals surface area contributed by atoms with Crippen LogP contribution >= 0.6 is 0 Å². The molecular formula is C16H13N3O2. The monoisotopic (exact) mass is 279 g/mol. The quantitative estimate of drug-likeness (QED) is 0.740. The lowest BCUT2D eigenvalue weighted by atomic mass is 10.0. The molecular weight excluding hydrogens is 266 g/mol. The fraction of sp³-hybridized carbons (Fsp3) is 0.125. The number of rotatable bonds is 1. The number of nitrogens with two attached hydrogens (primary N) is 1. The minimum absolute atomic E-state index is 0.207. The molecule has 3 heterocycles. The highest BCUT2D eigenvalue weighted by molar-refractivity contribution is 5.79. The van der Waals surface area contributed by atoms with Gasteiger partial charge in [0.05, 0.1) is 0 Å². The molecule has 5 nitrogen and oxygen atoms in total. The van der Waals surface area contributed by atoms with Crippen molar-refractivity contribution in [3.63, 3.8) is 0 Å². The van der Waals surface area contributed by atoms with Gasteiger partial charge in [-0.25, -0.2) is 9.97 Å². The smallest absolute Gasteiger partial charge is 0.221 e. The Morgan fingerprint density at radius 1 is 1.05 bits per heavy atom. The minimum Gasteiger partial charge on any atom is -0.484 e. The SMILES string of the molecule is Cc1ccc(-c2nc(N)nc3c2OCc2ccccc2-3)o1. The maximum absolute atomic E-state index is 5.86. The van der Waals surface area contributed by atoms with Gasteiger partial charge in [-0.3, -0.25) is 0 Å². The lowest BCUT2D eigenvalue weighted by Crippen LogP contribution is -2.10. The molecule has 5 heteroatoms. The molecule has 4 rings (SSSR count). The van der Waals surface area contributed by atoms with Crippen LogP contribution in [0.2, 0.25) is 0 Å². The molecule has 0 saturated carbocycles. The number of nitrogens with zero attached hydrogens (tertiary/aromatic N) is 2. The second-order valence-electron chi connectivity index (χ2n) is 4.96. The molecule has 0 saturated heterocycles. The normalized spacial score (nSPS) is 12.4. The molecule has 0 bridgehead atoms. The van der Waals surface area contributed by atoms with Crippen molar-refractivity contribution < 1.29 is 9.15 Å². The van der Waals surface area contributed by atoms with Gasteiger partial charge in [0.2, 0.25) is 5.95 Å². The van der Waals surface area contributed by atoms with Crippen LogP contribution in [0.25, 0.3) is 22.7 Å². The van der Waals surface area contributed by atoms with Gasteiger partial charge in [-0.05, 0) is 24.6 Å². The van der Waals surface area contributed by atoms with Crippen molar-refractivity contribution in [1.82, 2.24) is 9.97 Å². The number of nitrogen functional groups attached to an aromatic ring is 1. The molecule has 0 spiro atoms. The summed E-state index contributed by atoms with van der Waals surface area (Å²) in [5, 5.41) is 0. The summed E-state index contributed by atoms with van der Waals surface area (Å²) in [6.07, 6.45) is 0. The molecule has 0 amide bonds. The van der Waals surface area contributed by atoms with Crippen LogP contribution in [0.4, 0.5) is 5.95 Å². The predicted octanol–water partition coefficient (Wildman–Crippen LogP) is 3.19. The van der Waals surface area contributed by atoms with Crippen molar-refractivity contribution in [2.75, 3.05) is 5.73 Å². The zero-order valence-electron chi connectivity index (χ0n) is 11.5. The van der Waals surface area contributed by atoms with Crippen molar-refractivity contribution in [2.45, 2.75) is 13.5 Å². The van der Waals surface area contributed by atoms with Gasteiger partial charge < -0.3 is 14.9 Å². The second kappa shape index (κ2) is 4.34. The fourth-order valence-electron chi connectivity index (χ4n) is 2.54. The number of hydrogen-bond acceptors (Lipinski definition) is 5. The number of furan rings is 1. The Labute approximate surface area is 121 Å². The van der Waals surface area contributed by atoms with Gasteiger partial charge in [-0.15, -0.1) is 0 Å². The first kappa shape index (κ1) is 12.0. The average Bonchev–Trinajstić information content (AvgIpc) is 2.93. The van der Waals surface area contributed by atoms with Crippen LogP contribution in [-0.2, 0) is 6.61 Å². The summed E-state index contributed by atoms with van der Waals surface area (Å²) in [6, 6.07) is 11.7. The number of anilines is 1. The topological polar surface area (TPSA) is 74.2 Å². The molecule has 0 unspecified atom stereocenters. The molecule has 104 valence electrons. The highest BCUT2D eigenvalue weighted by Crippen LogP contribution is 2.42. The lowest BCUT2D eigenvalue weighted by molar-refractivity contribution is 0.300. The number of aryl methyl sites for hydroxylation is 1. The number of ether oxygens (including phenoxy) is 1. The van der Waals surface area contributed by atoms with Crippen LogP contribution in [0.3, 0.4) is 0 Å². The van der Waals surface area contributed by atoms with E-state index in [0.29, 0.717) is 29.5 Å². The van der Waals surface area contributed by atoms with E-state index in [1.54, 1.807) is 0 Å². The van der Waals surface area contributed by atoms with E-state index in [1.165, 1.54) is 0 Å². The van der Waals surface area contributed by atoms with Gasteiger partial charge >= 0.3 is 0 Å². The number of benzene rings is 1. The van der Waals surface area contributed by atoms with E-state index in [4.69, 9.17) is 14.9 Å². The molecule has 2 N–H and O–H groups in total. The molecule has 2 aromatic heterocycles. The summed E-state index contributed by atoms with van der Waals surface area (Å²) in [5.74, 6) is 2.28. The summed E-state index contributed by atoms with van der Waals surface area (Å²) in [5.41, 5.74) is 9.29. The predicted molar refractivity (Wildman–Crippen MR) is 78.7 cm³/mol. The molecule has 0 fully saturated rings. The molecule has 0 radical (unpaired) electrons. The number of fused-ring (bicyclic) bond motifs is 3. The van der Waals surface area contributed by atoms with Crippen molar-refractivity contribution in [1.29, 1.82) is 0 Å². The first-order valence-corrected chi connectivity index (χ1v) is 6.68. The van der Waals surface area contributed by atoms with E-state index in [2.05, 4.69) is 9.97 Å². The third kappa shape index (κ3) is 1.86.